The zero-order valence-electron chi connectivity index (χ0n) is 17.6. The molecular formula is C21H29FN2O5S2. The second-order valence-corrected chi connectivity index (χ2v) is 10.1. The number of esters is 1. The molecule has 0 radical (unpaired) electrons. The van der Waals surface area contributed by atoms with Crippen molar-refractivity contribution >= 4 is 35.2 Å². The molecule has 1 amide bonds. The number of thioether (sulfide) groups is 1. The van der Waals surface area contributed by atoms with E-state index in [2.05, 4.69) is 9.72 Å². The molecule has 1 saturated carbocycles. The molecule has 1 aromatic rings. The Morgan fingerprint density at radius 2 is 2.35 bits per heavy atom. The molecule has 31 heavy (non-hydrogen) atoms. The number of unbranched alkanes of at least 4 members (excludes halogenated alkanes) is 1. The predicted octanol–water partition coefficient (Wildman–Crippen LogP) is 4.07. The summed E-state index contributed by atoms with van der Waals surface area (Å²) < 4.78 is 23.0. The van der Waals surface area contributed by atoms with E-state index < -0.39 is 12.1 Å². The van der Waals surface area contributed by atoms with E-state index in [-0.39, 0.29) is 36.5 Å². The number of rotatable bonds is 12. The molecule has 3 rings (SSSR count). The average molecular weight is 473 g/mol. The van der Waals surface area contributed by atoms with Gasteiger partial charge < -0.3 is 14.6 Å². The Balaban J connectivity index is 1.51. The van der Waals surface area contributed by atoms with Gasteiger partial charge in [-0.25, -0.2) is 14.6 Å². The lowest BCUT2D eigenvalue weighted by Gasteiger charge is -2.45. The zero-order valence-corrected chi connectivity index (χ0v) is 19.3. The first-order valence-corrected chi connectivity index (χ1v) is 12.4. The summed E-state index contributed by atoms with van der Waals surface area (Å²) in [5, 5.41) is 12.4. The smallest absolute Gasteiger partial charge is 0.410 e. The average Bonchev–Trinajstić information content (AvgIpc) is 3.35. The maximum atomic E-state index is 12.4. The fraction of sp³-hybridized carbons (Fsp3) is 0.667. The van der Waals surface area contributed by atoms with E-state index in [1.807, 2.05) is 6.08 Å². The number of cyclic esters (lactones) is 1. The van der Waals surface area contributed by atoms with Crippen molar-refractivity contribution in [3.8, 4) is 0 Å². The Bertz CT molecular complexity index is 784. The van der Waals surface area contributed by atoms with Crippen molar-refractivity contribution in [2.24, 2.45) is 5.41 Å². The molecule has 2 atom stereocenters. The summed E-state index contributed by atoms with van der Waals surface area (Å²) in [4.78, 5) is 29.5. The molecule has 1 N–H and O–H groups in total. The number of carbonyl (C=O) groups excluding carboxylic acids is 2. The first-order valence-electron chi connectivity index (χ1n) is 10.5. The zero-order chi connectivity index (χ0) is 22.3. The number of aromatic nitrogens is 1. The van der Waals surface area contributed by atoms with Crippen LogP contribution >= 0.6 is 23.1 Å². The molecule has 172 valence electrons. The van der Waals surface area contributed by atoms with Crippen LogP contribution in [0, 0.1) is 5.41 Å². The lowest BCUT2D eigenvalue weighted by atomic mass is 9.62. The second-order valence-electron chi connectivity index (χ2n) is 7.87. The van der Waals surface area contributed by atoms with Crippen LogP contribution in [-0.4, -0.2) is 71.9 Å². The van der Waals surface area contributed by atoms with Crippen molar-refractivity contribution in [2.75, 3.05) is 32.7 Å². The Hall–Kier alpha value is -1.65. The Morgan fingerprint density at radius 1 is 1.55 bits per heavy atom. The van der Waals surface area contributed by atoms with E-state index >= 15 is 0 Å². The van der Waals surface area contributed by atoms with Crippen LogP contribution in [0.25, 0.3) is 0 Å². The minimum Gasteiger partial charge on any atom is -0.464 e. The number of methoxy groups -OCH3 is 1. The second kappa shape index (κ2) is 11.3. The highest BCUT2D eigenvalue weighted by molar-refractivity contribution is 8.01. The van der Waals surface area contributed by atoms with Crippen LogP contribution in [0.1, 0.15) is 49.0 Å². The normalized spacial score (nSPS) is 21.2. The Kier molecular flexibility index (Phi) is 8.74. The van der Waals surface area contributed by atoms with Crippen LogP contribution < -0.4 is 0 Å². The van der Waals surface area contributed by atoms with Crippen molar-refractivity contribution < 1.29 is 28.6 Å². The number of hydrogen-bond donors (Lipinski definition) is 1. The monoisotopic (exact) mass is 472 g/mol. The highest BCUT2D eigenvalue weighted by Crippen LogP contribution is 2.48. The summed E-state index contributed by atoms with van der Waals surface area (Å²) in [6, 6.07) is -0.229. The molecule has 10 heteroatoms. The molecular weight excluding hydrogens is 443 g/mol. The maximum absolute atomic E-state index is 12.4. The highest BCUT2D eigenvalue weighted by atomic mass is 32.2. The number of amides is 1. The van der Waals surface area contributed by atoms with Crippen molar-refractivity contribution in [1.29, 1.82) is 0 Å². The number of ether oxygens (including phenoxy) is 2. The Labute approximate surface area is 190 Å². The van der Waals surface area contributed by atoms with Crippen LogP contribution in [0.3, 0.4) is 0 Å². The van der Waals surface area contributed by atoms with E-state index in [1.165, 1.54) is 30.2 Å². The van der Waals surface area contributed by atoms with Crippen LogP contribution in [0.4, 0.5) is 9.18 Å². The number of aliphatic hydroxyl groups is 1. The third-order valence-electron chi connectivity index (χ3n) is 6.00. The molecule has 1 aliphatic heterocycles. The summed E-state index contributed by atoms with van der Waals surface area (Å²) in [7, 11) is 1.31. The summed E-state index contributed by atoms with van der Waals surface area (Å²) in [6.07, 6.45) is 7.80. The maximum Gasteiger partial charge on any atom is 0.410 e. The molecule has 2 heterocycles. The van der Waals surface area contributed by atoms with Crippen LogP contribution in [-0.2, 0) is 9.47 Å². The van der Waals surface area contributed by atoms with E-state index in [9.17, 15) is 19.1 Å². The van der Waals surface area contributed by atoms with E-state index in [4.69, 9.17) is 4.74 Å². The molecule has 0 unspecified atom stereocenters. The first-order chi connectivity index (χ1) is 15.0. The minimum atomic E-state index is -0.597. The van der Waals surface area contributed by atoms with E-state index in [1.54, 1.807) is 16.4 Å². The summed E-state index contributed by atoms with van der Waals surface area (Å²) in [6.45, 7) is 0.399. The van der Waals surface area contributed by atoms with Gasteiger partial charge in [0, 0.05) is 17.7 Å². The van der Waals surface area contributed by atoms with E-state index in [0.717, 1.165) is 36.4 Å². The van der Waals surface area contributed by atoms with Gasteiger partial charge in [-0.2, -0.15) is 0 Å². The highest BCUT2D eigenvalue weighted by Gasteiger charge is 2.42. The minimum absolute atomic E-state index is 0.155. The van der Waals surface area contributed by atoms with Crippen LogP contribution in [0.2, 0.25) is 0 Å². The summed E-state index contributed by atoms with van der Waals surface area (Å²) >= 11 is 2.82. The molecule has 0 spiro atoms. The fourth-order valence-corrected chi connectivity index (χ4v) is 5.77. The molecule has 0 bridgehead atoms. The number of hydrogen-bond acceptors (Lipinski definition) is 8. The molecule has 2 aliphatic rings. The van der Waals surface area contributed by atoms with Gasteiger partial charge in [0.05, 0.1) is 25.9 Å². The standard InChI is InChI=1S/C21H29FN2O5S2/c1-28-18(26)16-14-31-19(23-16)30-12-11-24-15(13-29-20(24)27)5-6-17(25)21(8-4-9-21)7-2-3-10-22/h5-6,14-15,17,25H,2-4,7-13H2,1H3/b6-5+/t15-,17+/m0/s1. The van der Waals surface area contributed by atoms with Crippen molar-refractivity contribution in [3.05, 3.63) is 23.2 Å². The van der Waals surface area contributed by atoms with Crippen molar-refractivity contribution in [2.45, 2.75) is 55.0 Å². The van der Waals surface area contributed by atoms with Gasteiger partial charge in [0.2, 0.25) is 0 Å². The largest absolute Gasteiger partial charge is 0.464 e. The van der Waals surface area contributed by atoms with Gasteiger partial charge in [-0.1, -0.05) is 36.8 Å². The lowest BCUT2D eigenvalue weighted by Crippen LogP contribution is -2.41. The molecule has 2 fully saturated rings. The van der Waals surface area contributed by atoms with Crippen molar-refractivity contribution in [3.63, 3.8) is 0 Å². The van der Waals surface area contributed by atoms with Gasteiger partial charge in [-0.15, -0.1) is 11.3 Å². The van der Waals surface area contributed by atoms with E-state index in [0.29, 0.717) is 18.7 Å². The third-order valence-corrected chi connectivity index (χ3v) is 8.00. The van der Waals surface area contributed by atoms with Gasteiger partial charge >= 0.3 is 12.1 Å². The number of halogens is 1. The number of thiazole rings is 1. The molecule has 0 aromatic carbocycles. The first kappa shape index (κ1) is 24.0. The van der Waals surface area contributed by atoms with Gasteiger partial charge in [0.1, 0.15) is 6.61 Å². The SMILES string of the molecule is COC(=O)c1csc(SCCN2C(=O)OC[C@@H]2/C=C/[C@@H](O)C2(CCCCF)CCC2)n1. The number of carbonyl (C=O) groups is 2. The van der Waals surface area contributed by atoms with Gasteiger partial charge in [0.15, 0.2) is 10.0 Å². The number of nitrogens with zero attached hydrogens (tertiary/aromatic N) is 2. The summed E-state index contributed by atoms with van der Waals surface area (Å²) in [5.41, 5.74) is 0.125. The molecule has 7 nitrogen and oxygen atoms in total. The number of aliphatic hydroxyl groups excluding tert-OH is 1. The van der Waals surface area contributed by atoms with Gasteiger partial charge in [0.25, 0.3) is 0 Å². The molecule has 1 aliphatic carbocycles. The Morgan fingerprint density at radius 3 is 3.03 bits per heavy atom. The van der Waals surface area contributed by atoms with Crippen molar-refractivity contribution in [1.82, 2.24) is 9.88 Å². The predicted molar refractivity (Wildman–Crippen MR) is 117 cm³/mol. The number of alkyl halides is 1. The quantitative estimate of drug-likeness (QED) is 0.212. The van der Waals surface area contributed by atoms with Gasteiger partial charge in [-0.05, 0) is 31.1 Å². The summed E-state index contributed by atoms with van der Waals surface area (Å²) in [5.74, 6) is 0.132. The topological polar surface area (TPSA) is 89.0 Å². The van der Waals surface area contributed by atoms with Gasteiger partial charge in [-0.3, -0.25) is 9.29 Å². The van der Waals surface area contributed by atoms with Crippen LogP contribution in [0.5, 0.6) is 0 Å². The third kappa shape index (κ3) is 5.98. The van der Waals surface area contributed by atoms with Crippen LogP contribution in [0.15, 0.2) is 21.9 Å². The lowest BCUT2D eigenvalue weighted by molar-refractivity contribution is -0.0147. The molecule has 1 aromatic heterocycles. The fourth-order valence-electron chi connectivity index (χ4n) is 3.97. The molecule has 1 saturated heterocycles.